The maximum Gasteiger partial charge on any atom is 0.353 e. The molecule has 4 heteroatoms. The van der Waals surface area contributed by atoms with Crippen molar-refractivity contribution < 1.29 is 14.7 Å². The smallest absolute Gasteiger partial charge is 0.353 e. The summed E-state index contributed by atoms with van der Waals surface area (Å²) in [6.07, 6.45) is 4.59. The molecule has 0 unspecified atom stereocenters. The van der Waals surface area contributed by atoms with E-state index in [1.807, 2.05) is 0 Å². The molecule has 78 valence electrons. The van der Waals surface area contributed by atoms with Gasteiger partial charge in [-0.05, 0) is 31.6 Å². The highest BCUT2D eigenvalue weighted by Crippen LogP contribution is 2.40. The first-order valence-electron chi connectivity index (χ1n) is 5.10. The van der Waals surface area contributed by atoms with E-state index in [1.165, 1.54) is 0 Å². The summed E-state index contributed by atoms with van der Waals surface area (Å²) in [5.41, 5.74) is -0.0974. The fraction of sp³-hybridized carbons (Fsp3) is 0.800. The summed E-state index contributed by atoms with van der Waals surface area (Å²) in [5.74, 6) is -0.210. The van der Waals surface area contributed by atoms with Crippen LogP contribution >= 0.6 is 0 Å². The molecule has 0 radical (unpaired) electrons. The number of carboxylic acid groups (broad SMARTS) is 1. The number of oxime groups is 1. The van der Waals surface area contributed by atoms with E-state index in [9.17, 15) is 4.79 Å². The Balaban J connectivity index is 1.99. The van der Waals surface area contributed by atoms with Crippen LogP contribution in [0.5, 0.6) is 0 Å². The molecule has 1 fully saturated rings. The summed E-state index contributed by atoms with van der Waals surface area (Å²) in [5, 5.41) is 12.4. The van der Waals surface area contributed by atoms with Crippen molar-refractivity contribution in [3.05, 3.63) is 0 Å². The van der Waals surface area contributed by atoms with E-state index in [0.29, 0.717) is 6.42 Å². The monoisotopic (exact) mass is 197 g/mol. The molecule has 14 heavy (non-hydrogen) atoms. The standard InChI is InChI=1S/C10H15NO3/c1-7-2-4-10(5-3-7)6-8(9(12)13)11-14-10/h7H,2-6H2,1H3,(H,12,13). The van der Waals surface area contributed by atoms with Gasteiger partial charge in [0, 0.05) is 6.42 Å². The Kier molecular flexibility index (Phi) is 2.21. The van der Waals surface area contributed by atoms with Crippen molar-refractivity contribution in [3.8, 4) is 0 Å². The second-order valence-corrected chi connectivity index (χ2v) is 4.48. The first-order chi connectivity index (χ1) is 6.61. The van der Waals surface area contributed by atoms with Crippen molar-refractivity contribution in [2.75, 3.05) is 0 Å². The van der Waals surface area contributed by atoms with Crippen molar-refractivity contribution in [1.82, 2.24) is 0 Å². The van der Waals surface area contributed by atoms with Gasteiger partial charge in [0.25, 0.3) is 0 Å². The van der Waals surface area contributed by atoms with E-state index in [-0.39, 0.29) is 11.3 Å². The van der Waals surface area contributed by atoms with Gasteiger partial charge < -0.3 is 9.94 Å². The summed E-state index contributed by atoms with van der Waals surface area (Å²) in [6, 6.07) is 0. The van der Waals surface area contributed by atoms with Crippen LogP contribution in [-0.4, -0.2) is 22.4 Å². The van der Waals surface area contributed by atoms with E-state index in [0.717, 1.165) is 31.6 Å². The Morgan fingerprint density at radius 3 is 2.71 bits per heavy atom. The van der Waals surface area contributed by atoms with Crippen LogP contribution in [0.25, 0.3) is 0 Å². The van der Waals surface area contributed by atoms with Gasteiger partial charge in [-0.2, -0.15) is 0 Å². The van der Waals surface area contributed by atoms with Crippen LogP contribution in [0.15, 0.2) is 5.16 Å². The van der Waals surface area contributed by atoms with Crippen LogP contribution in [0.2, 0.25) is 0 Å². The van der Waals surface area contributed by atoms with Crippen LogP contribution in [0, 0.1) is 5.92 Å². The van der Waals surface area contributed by atoms with E-state index < -0.39 is 5.97 Å². The van der Waals surface area contributed by atoms with E-state index in [1.54, 1.807) is 0 Å². The topological polar surface area (TPSA) is 58.9 Å². The molecule has 0 aromatic heterocycles. The van der Waals surface area contributed by atoms with Gasteiger partial charge in [-0.15, -0.1) is 0 Å². The molecule has 1 aliphatic carbocycles. The highest BCUT2D eigenvalue weighted by molar-refractivity contribution is 6.36. The molecular weight excluding hydrogens is 182 g/mol. The third-order valence-electron chi connectivity index (χ3n) is 3.27. The average molecular weight is 197 g/mol. The van der Waals surface area contributed by atoms with Crippen molar-refractivity contribution in [3.63, 3.8) is 0 Å². The van der Waals surface area contributed by atoms with Crippen molar-refractivity contribution in [1.29, 1.82) is 0 Å². The summed E-state index contributed by atoms with van der Waals surface area (Å²) >= 11 is 0. The second-order valence-electron chi connectivity index (χ2n) is 4.48. The van der Waals surface area contributed by atoms with Gasteiger partial charge >= 0.3 is 5.97 Å². The Labute approximate surface area is 82.9 Å². The third kappa shape index (κ3) is 1.61. The molecule has 1 heterocycles. The van der Waals surface area contributed by atoms with Gasteiger partial charge in [-0.1, -0.05) is 12.1 Å². The maximum absolute atomic E-state index is 10.7. The number of hydrogen-bond acceptors (Lipinski definition) is 3. The Hall–Kier alpha value is -1.06. The van der Waals surface area contributed by atoms with Gasteiger partial charge in [-0.25, -0.2) is 4.79 Å². The van der Waals surface area contributed by atoms with Crippen LogP contribution in [0.4, 0.5) is 0 Å². The average Bonchev–Trinajstić information content (AvgIpc) is 2.56. The lowest BCUT2D eigenvalue weighted by molar-refractivity contribution is -0.129. The fourth-order valence-electron chi connectivity index (χ4n) is 2.19. The van der Waals surface area contributed by atoms with Crippen molar-refractivity contribution in [2.24, 2.45) is 11.1 Å². The maximum atomic E-state index is 10.7. The van der Waals surface area contributed by atoms with Gasteiger partial charge in [0.15, 0.2) is 5.71 Å². The summed E-state index contributed by atoms with van der Waals surface area (Å²) in [7, 11) is 0. The lowest BCUT2D eigenvalue weighted by Crippen LogP contribution is -2.34. The minimum atomic E-state index is -0.944. The van der Waals surface area contributed by atoms with Crippen LogP contribution in [-0.2, 0) is 9.63 Å². The van der Waals surface area contributed by atoms with Gasteiger partial charge in [0.2, 0.25) is 0 Å². The first kappa shape index (κ1) is 9.49. The third-order valence-corrected chi connectivity index (χ3v) is 3.27. The molecule has 4 nitrogen and oxygen atoms in total. The lowest BCUT2D eigenvalue weighted by atomic mass is 9.77. The molecule has 0 amide bonds. The number of carboxylic acids is 1. The highest BCUT2D eigenvalue weighted by Gasteiger charge is 2.43. The quantitative estimate of drug-likeness (QED) is 0.697. The summed E-state index contributed by atoms with van der Waals surface area (Å²) < 4.78 is 0. The van der Waals surface area contributed by atoms with Gasteiger partial charge in [0.1, 0.15) is 5.60 Å². The molecule has 1 saturated carbocycles. The predicted molar refractivity (Wildman–Crippen MR) is 51.1 cm³/mol. The SMILES string of the molecule is CC1CCC2(CC1)CC(C(=O)O)=NO2. The molecule has 2 aliphatic rings. The molecule has 0 aromatic carbocycles. The molecule has 0 bridgehead atoms. The number of nitrogens with zero attached hydrogens (tertiary/aromatic N) is 1. The summed E-state index contributed by atoms with van der Waals surface area (Å²) in [4.78, 5) is 16.0. The molecule has 0 atom stereocenters. The zero-order chi connectivity index (χ0) is 10.2. The lowest BCUT2D eigenvalue weighted by Gasteiger charge is -2.33. The van der Waals surface area contributed by atoms with E-state index >= 15 is 0 Å². The normalized spacial score (nSPS) is 36.6. The Bertz CT molecular complexity index is 277. The number of carbonyl (C=O) groups is 1. The van der Waals surface area contributed by atoms with Crippen LogP contribution in [0.3, 0.4) is 0 Å². The molecule has 0 aromatic rings. The number of rotatable bonds is 1. The minimum Gasteiger partial charge on any atom is -0.477 e. The number of hydrogen-bond donors (Lipinski definition) is 1. The molecular formula is C10H15NO3. The fourth-order valence-corrected chi connectivity index (χ4v) is 2.19. The highest BCUT2D eigenvalue weighted by atomic mass is 16.7. The molecule has 0 saturated heterocycles. The molecule has 2 rings (SSSR count). The van der Waals surface area contributed by atoms with E-state index in [4.69, 9.17) is 9.94 Å². The van der Waals surface area contributed by atoms with Gasteiger partial charge in [-0.3, -0.25) is 0 Å². The zero-order valence-corrected chi connectivity index (χ0v) is 8.32. The van der Waals surface area contributed by atoms with Gasteiger partial charge in [0.05, 0.1) is 0 Å². The minimum absolute atomic E-state index is 0.180. The Morgan fingerprint density at radius 2 is 2.21 bits per heavy atom. The predicted octanol–water partition coefficient (Wildman–Crippen LogP) is 1.80. The first-order valence-corrected chi connectivity index (χ1v) is 5.10. The number of aliphatic carboxylic acids is 1. The van der Waals surface area contributed by atoms with Crippen LogP contribution in [0.1, 0.15) is 39.0 Å². The largest absolute Gasteiger partial charge is 0.477 e. The van der Waals surface area contributed by atoms with E-state index in [2.05, 4.69) is 12.1 Å². The zero-order valence-electron chi connectivity index (χ0n) is 8.32. The molecule has 1 N–H and O–H groups in total. The van der Waals surface area contributed by atoms with Crippen LogP contribution < -0.4 is 0 Å². The molecule has 1 aliphatic heterocycles. The summed E-state index contributed by atoms with van der Waals surface area (Å²) in [6.45, 7) is 2.22. The second kappa shape index (κ2) is 3.26. The van der Waals surface area contributed by atoms with Crippen molar-refractivity contribution in [2.45, 2.75) is 44.6 Å². The molecule has 1 spiro atoms. The Morgan fingerprint density at radius 1 is 1.57 bits per heavy atom. The van der Waals surface area contributed by atoms with Crippen molar-refractivity contribution >= 4 is 11.7 Å².